The van der Waals surface area contributed by atoms with E-state index >= 15 is 0 Å². The van der Waals surface area contributed by atoms with Crippen molar-refractivity contribution >= 4 is 40.9 Å². The zero-order valence-electron chi connectivity index (χ0n) is 13.9. The summed E-state index contributed by atoms with van der Waals surface area (Å²) in [5.74, 6) is 1.30. The molecule has 134 valence electrons. The van der Waals surface area contributed by atoms with Crippen molar-refractivity contribution in [2.24, 2.45) is 0 Å². The zero-order valence-corrected chi connectivity index (χ0v) is 16.3. The summed E-state index contributed by atoms with van der Waals surface area (Å²) in [5.41, 5.74) is 0.969. The van der Waals surface area contributed by atoms with Gasteiger partial charge in [-0.25, -0.2) is 0 Å². The van der Waals surface area contributed by atoms with Crippen LogP contribution in [0.25, 0.3) is 0 Å². The van der Waals surface area contributed by atoms with Crippen molar-refractivity contribution in [2.45, 2.75) is 18.4 Å². The van der Waals surface area contributed by atoms with E-state index in [1.807, 2.05) is 17.9 Å². The maximum absolute atomic E-state index is 12.4. The number of nitrogens with one attached hydrogen (secondary N) is 1. The standard InChI is InChI=1S/C17H19Cl2N3O2S/c1-12-9-13(20-24-12)10-21-5-7-22(8-6-21)16(23)11-25-17-14(18)3-2-4-15(17)19/h2-4,9H,5-8,10-11H2,1H3/p+1. The Morgan fingerprint density at radius 1 is 1.32 bits per heavy atom. The molecule has 0 saturated carbocycles. The van der Waals surface area contributed by atoms with E-state index in [1.54, 1.807) is 18.2 Å². The molecular weight excluding hydrogens is 381 g/mol. The van der Waals surface area contributed by atoms with Gasteiger partial charge in [-0.2, -0.15) is 0 Å². The van der Waals surface area contributed by atoms with Crippen LogP contribution >= 0.6 is 35.0 Å². The molecule has 1 aliphatic rings. The first-order valence-corrected chi connectivity index (χ1v) is 9.87. The number of halogens is 2. The molecule has 3 rings (SSSR count). The van der Waals surface area contributed by atoms with Crippen molar-refractivity contribution in [1.29, 1.82) is 0 Å². The van der Waals surface area contributed by atoms with Crippen molar-refractivity contribution in [3.8, 4) is 0 Å². The van der Waals surface area contributed by atoms with E-state index in [4.69, 9.17) is 27.7 Å². The first kappa shape index (κ1) is 18.6. The number of aryl methyl sites for hydroxylation is 1. The van der Waals surface area contributed by atoms with Crippen molar-refractivity contribution in [1.82, 2.24) is 10.1 Å². The van der Waals surface area contributed by atoms with E-state index in [2.05, 4.69) is 5.16 Å². The van der Waals surface area contributed by atoms with Gasteiger partial charge in [0.05, 0.1) is 42.0 Å². The molecule has 1 amide bonds. The highest BCUT2D eigenvalue weighted by atomic mass is 35.5. The highest BCUT2D eigenvalue weighted by Gasteiger charge is 2.24. The fourth-order valence-electron chi connectivity index (χ4n) is 2.85. The summed E-state index contributed by atoms with van der Waals surface area (Å²) < 4.78 is 5.11. The van der Waals surface area contributed by atoms with Gasteiger partial charge in [-0.15, -0.1) is 11.8 Å². The Bertz CT molecular complexity index is 725. The zero-order chi connectivity index (χ0) is 17.8. The van der Waals surface area contributed by atoms with E-state index in [9.17, 15) is 4.79 Å². The minimum atomic E-state index is 0.123. The summed E-state index contributed by atoms with van der Waals surface area (Å²) in [6.07, 6.45) is 0. The lowest BCUT2D eigenvalue weighted by Crippen LogP contribution is -3.13. The van der Waals surface area contributed by atoms with Gasteiger partial charge in [-0.1, -0.05) is 34.4 Å². The number of carbonyl (C=O) groups is 1. The molecule has 2 aromatic rings. The Hall–Kier alpha value is -1.21. The molecule has 1 N–H and O–H groups in total. The van der Waals surface area contributed by atoms with E-state index in [-0.39, 0.29) is 5.91 Å². The van der Waals surface area contributed by atoms with Crippen LogP contribution in [0.15, 0.2) is 33.7 Å². The molecule has 1 aliphatic heterocycles. The predicted octanol–water partition coefficient (Wildman–Crippen LogP) is 2.31. The van der Waals surface area contributed by atoms with Crippen LogP contribution in [0.3, 0.4) is 0 Å². The summed E-state index contributed by atoms with van der Waals surface area (Å²) in [7, 11) is 0. The molecular formula is C17H20Cl2N3O2S+. The molecule has 0 atom stereocenters. The summed E-state index contributed by atoms with van der Waals surface area (Å²) in [6.45, 7) is 6.06. The van der Waals surface area contributed by atoms with Gasteiger partial charge in [-0.3, -0.25) is 4.79 Å². The van der Waals surface area contributed by atoms with Gasteiger partial charge in [0.15, 0.2) is 0 Å². The molecule has 2 heterocycles. The highest BCUT2D eigenvalue weighted by Crippen LogP contribution is 2.33. The van der Waals surface area contributed by atoms with E-state index in [0.717, 1.165) is 49.1 Å². The Balaban J connectivity index is 1.47. The quantitative estimate of drug-likeness (QED) is 0.782. The molecule has 0 spiro atoms. The molecule has 0 aliphatic carbocycles. The number of rotatable bonds is 5. The second-order valence-electron chi connectivity index (χ2n) is 6.08. The third kappa shape index (κ3) is 4.91. The third-order valence-corrected chi connectivity index (χ3v) is 6.16. The number of quaternary nitrogens is 1. The normalized spacial score (nSPS) is 15.6. The molecule has 0 bridgehead atoms. The fourth-order valence-corrected chi connectivity index (χ4v) is 4.44. The number of carbonyl (C=O) groups excluding carboxylic acids is 1. The summed E-state index contributed by atoms with van der Waals surface area (Å²) in [6, 6.07) is 7.34. The van der Waals surface area contributed by atoms with E-state index in [1.165, 1.54) is 16.7 Å². The molecule has 0 unspecified atom stereocenters. The molecule has 1 aromatic carbocycles. The Morgan fingerprint density at radius 3 is 2.60 bits per heavy atom. The molecule has 25 heavy (non-hydrogen) atoms. The number of nitrogens with zero attached hydrogens (tertiary/aromatic N) is 2. The first-order chi connectivity index (χ1) is 12.0. The number of amides is 1. The fraction of sp³-hybridized carbons (Fsp3) is 0.412. The summed E-state index contributed by atoms with van der Waals surface area (Å²) >= 11 is 13.7. The topological polar surface area (TPSA) is 50.8 Å². The second-order valence-corrected chi connectivity index (χ2v) is 7.88. The molecule has 1 aromatic heterocycles. The van der Waals surface area contributed by atoms with Crippen LogP contribution in [0.5, 0.6) is 0 Å². The number of thioether (sulfide) groups is 1. The molecule has 1 saturated heterocycles. The minimum absolute atomic E-state index is 0.123. The van der Waals surface area contributed by atoms with Gasteiger partial charge in [-0.05, 0) is 19.1 Å². The predicted molar refractivity (Wildman–Crippen MR) is 99.4 cm³/mol. The number of piperazine rings is 1. The smallest absolute Gasteiger partial charge is 0.233 e. The minimum Gasteiger partial charge on any atom is -0.361 e. The number of hydrogen-bond acceptors (Lipinski definition) is 4. The number of hydrogen-bond donors (Lipinski definition) is 1. The van der Waals surface area contributed by atoms with Crippen LogP contribution in [-0.4, -0.2) is 47.9 Å². The SMILES string of the molecule is Cc1cc(C[NH+]2CCN(C(=O)CSc3c(Cl)cccc3Cl)CC2)no1. The van der Waals surface area contributed by atoms with Crippen molar-refractivity contribution in [2.75, 3.05) is 31.9 Å². The van der Waals surface area contributed by atoms with Gasteiger partial charge in [0.25, 0.3) is 0 Å². The van der Waals surface area contributed by atoms with E-state index < -0.39 is 0 Å². The lowest BCUT2D eigenvalue weighted by atomic mass is 10.3. The summed E-state index contributed by atoms with van der Waals surface area (Å²) in [5, 5.41) is 5.21. The lowest BCUT2D eigenvalue weighted by molar-refractivity contribution is -0.918. The maximum Gasteiger partial charge on any atom is 0.233 e. The van der Waals surface area contributed by atoms with Gasteiger partial charge in [0.1, 0.15) is 18.0 Å². The van der Waals surface area contributed by atoms with Gasteiger partial charge in [0.2, 0.25) is 5.91 Å². The Morgan fingerprint density at radius 2 is 2.00 bits per heavy atom. The van der Waals surface area contributed by atoms with Gasteiger partial charge >= 0.3 is 0 Å². The maximum atomic E-state index is 12.4. The van der Waals surface area contributed by atoms with Crippen molar-refractivity contribution < 1.29 is 14.2 Å². The molecule has 0 radical (unpaired) electrons. The van der Waals surface area contributed by atoms with Crippen LogP contribution in [0.4, 0.5) is 0 Å². The Kier molecular flexibility index (Phi) is 6.28. The van der Waals surface area contributed by atoms with Crippen molar-refractivity contribution in [3.63, 3.8) is 0 Å². The van der Waals surface area contributed by atoms with Crippen molar-refractivity contribution in [3.05, 3.63) is 45.8 Å². The number of benzene rings is 1. The molecule has 8 heteroatoms. The lowest BCUT2D eigenvalue weighted by Gasteiger charge is -2.31. The van der Waals surface area contributed by atoms with Crippen LogP contribution in [0, 0.1) is 6.92 Å². The van der Waals surface area contributed by atoms with Gasteiger partial charge in [0, 0.05) is 11.0 Å². The highest BCUT2D eigenvalue weighted by molar-refractivity contribution is 8.00. The van der Waals surface area contributed by atoms with Crippen LogP contribution in [-0.2, 0) is 11.3 Å². The van der Waals surface area contributed by atoms with Crippen LogP contribution < -0.4 is 4.90 Å². The second kappa shape index (κ2) is 8.45. The first-order valence-electron chi connectivity index (χ1n) is 8.13. The summed E-state index contributed by atoms with van der Waals surface area (Å²) in [4.78, 5) is 16.5. The monoisotopic (exact) mass is 400 g/mol. The third-order valence-electron chi connectivity index (χ3n) is 4.19. The van der Waals surface area contributed by atoms with E-state index in [0.29, 0.717) is 15.8 Å². The number of aromatic nitrogens is 1. The molecule has 1 fully saturated rings. The average Bonchev–Trinajstić information content (AvgIpc) is 3.00. The van der Waals surface area contributed by atoms with Crippen LogP contribution in [0.1, 0.15) is 11.5 Å². The largest absolute Gasteiger partial charge is 0.361 e. The van der Waals surface area contributed by atoms with Crippen LogP contribution in [0.2, 0.25) is 10.0 Å². The average molecular weight is 401 g/mol. The molecule has 5 nitrogen and oxygen atoms in total. The Labute approximate surface area is 161 Å². The van der Waals surface area contributed by atoms with Gasteiger partial charge < -0.3 is 14.3 Å².